The van der Waals surface area contributed by atoms with Crippen molar-refractivity contribution in [3.63, 3.8) is 0 Å². The fraction of sp³-hybridized carbons (Fsp3) is 0.0870. The summed E-state index contributed by atoms with van der Waals surface area (Å²) in [6.45, 7) is 1.37. The SMILES string of the molecule is CC(=O)c1cc(C(N)=O)ccc1C1(c2c(Cl)cccc2Cl)Nc2ccc(C(=O)O)cc2N1. The zero-order chi connectivity index (χ0) is 23.2. The maximum atomic E-state index is 12.6. The van der Waals surface area contributed by atoms with E-state index in [2.05, 4.69) is 10.6 Å². The highest BCUT2D eigenvalue weighted by atomic mass is 35.5. The number of benzene rings is 3. The molecule has 9 heteroatoms. The highest BCUT2D eigenvalue weighted by Gasteiger charge is 2.45. The van der Waals surface area contributed by atoms with Crippen molar-refractivity contribution >= 4 is 52.2 Å². The van der Waals surface area contributed by atoms with Crippen molar-refractivity contribution in [1.29, 1.82) is 0 Å². The lowest BCUT2D eigenvalue weighted by Gasteiger charge is -2.35. The number of carboxylic acids is 1. The number of carboxylic acid groups (broad SMARTS) is 1. The Labute approximate surface area is 193 Å². The van der Waals surface area contributed by atoms with Gasteiger partial charge in [-0.3, -0.25) is 9.59 Å². The molecule has 32 heavy (non-hydrogen) atoms. The van der Waals surface area contributed by atoms with E-state index in [0.29, 0.717) is 32.5 Å². The van der Waals surface area contributed by atoms with E-state index < -0.39 is 17.5 Å². The van der Waals surface area contributed by atoms with Crippen LogP contribution in [0.15, 0.2) is 54.6 Å². The molecule has 0 fully saturated rings. The van der Waals surface area contributed by atoms with E-state index >= 15 is 0 Å². The van der Waals surface area contributed by atoms with Crippen LogP contribution >= 0.6 is 23.2 Å². The molecule has 0 bridgehead atoms. The molecule has 3 aromatic carbocycles. The molecule has 0 saturated heterocycles. The Hall–Kier alpha value is -3.55. The van der Waals surface area contributed by atoms with E-state index in [1.807, 2.05) is 0 Å². The minimum absolute atomic E-state index is 0.0787. The zero-order valence-corrected chi connectivity index (χ0v) is 18.2. The molecule has 1 amide bonds. The van der Waals surface area contributed by atoms with Crippen LogP contribution in [-0.2, 0) is 5.66 Å². The quantitative estimate of drug-likeness (QED) is 0.400. The second kappa shape index (κ2) is 7.85. The van der Waals surface area contributed by atoms with Gasteiger partial charge in [0.05, 0.1) is 16.9 Å². The molecule has 0 saturated carbocycles. The number of aromatic carboxylic acids is 1. The third-order valence-electron chi connectivity index (χ3n) is 5.34. The Balaban J connectivity index is 2.03. The molecule has 3 aromatic rings. The van der Waals surface area contributed by atoms with E-state index in [-0.39, 0.29) is 22.5 Å². The highest BCUT2D eigenvalue weighted by Crippen LogP contribution is 2.49. The third kappa shape index (κ3) is 3.45. The lowest BCUT2D eigenvalue weighted by Crippen LogP contribution is -2.42. The molecule has 0 radical (unpaired) electrons. The summed E-state index contributed by atoms with van der Waals surface area (Å²) in [5, 5.41) is 16.6. The molecule has 7 nitrogen and oxygen atoms in total. The predicted molar refractivity (Wildman–Crippen MR) is 123 cm³/mol. The molecule has 1 aliphatic rings. The van der Waals surface area contributed by atoms with Crippen LogP contribution in [0.5, 0.6) is 0 Å². The summed E-state index contributed by atoms with van der Waals surface area (Å²) in [5.41, 5.74) is 6.50. The van der Waals surface area contributed by atoms with Gasteiger partial charge in [-0.2, -0.15) is 0 Å². The average Bonchev–Trinajstić information content (AvgIpc) is 3.12. The monoisotopic (exact) mass is 469 g/mol. The van der Waals surface area contributed by atoms with Gasteiger partial charge in [-0.05, 0) is 49.4 Å². The fourth-order valence-corrected chi connectivity index (χ4v) is 4.57. The molecule has 1 atom stereocenters. The Kier molecular flexibility index (Phi) is 5.32. The van der Waals surface area contributed by atoms with Crippen molar-refractivity contribution in [2.24, 2.45) is 5.73 Å². The van der Waals surface area contributed by atoms with Gasteiger partial charge in [0.25, 0.3) is 0 Å². The number of rotatable bonds is 5. The molecule has 5 N–H and O–H groups in total. The van der Waals surface area contributed by atoms with E-state index in [9.17, 15) is 19.5 Å². The first-order valence-electron chi connectivity index (χ1n) is 9.47. The first-order chi connectivity index (χ1) is 15.1. The molecule has 1 unspecified atom stereocenters. The first-order valence-corrected chi connectivity index (χ1v) is 10.2. The number of nitrogens with two attached hydrogens (primary N) is 1. The number of carbonyl (C=O) groups excluding carboxylic acids is 2. The van der Waals surface area contributed by atoms with Crippen LogP contribution in [0.1, 0.15) is 49.1 Å². The number of hydrogen-bond acceptors (Lipinski definition) is 5. The van der Waals surface area contributed by atoms with Gasteiger partial charge in [-0.25, -0.2) is 4.79 Å². The standard InChI is InChI=1S/C23H17Cl2N3O4/c1-11(29)14-9-12(21(26)30)5-7-15(14)23(20-16(24)3-2-4-17(20)25)27-18-8-6-13(22(31)32)10-19(18)28-23/h2-10,27-28H,1H3,(H2,26,30)(H,31,32). The number of anilines is 2. The number of amides is 1. The summed E-state index contributed by atoms with van der Waals surface area (Å²) < 4.78 is 0. The second-order valence-electron chi connectivity index (χ2n) is 7.34. The molecule has 162 valence electrons. The van der Waals surface area contributed by atoms with E-state index in [1.54, 1.807) is 30.3 Å². The number of Topliss-reactive ketones (excluding diaryl/α,β-unsaturated/α-hetero) is 1. The number of halogens is 2. The molecule has 1 heterocycles. The number of hydrogen-bond donors (Lipinski definition) is 4. The Morgan fingerprint density at radius 2 is 1.53 bits per heavy atom. The molecule has 0 spiro atoms. The van der Waals surface area contributed by atoms with Crippen LogP contribution < -0.4 is 16.4 Å². The number of fused-ring (bicyclic) bond motifs is 1. The van der Waals surface area contributed by atoms with Crippen molar-refractivity contribution in [2.45, 2.75) is 12.6 Å². The lowest BCUT2D eigenvalue weighted by molar-refractivity contribution is 0.0696. The fourth-order valence-electron chi connectivity index (χ4n) is 3.89. The molecular formula is C23H17Cl2N3O4. The van der Waals surface area contributed by atoms with Crippen molar-refractivity contribution < 1.29 is 19.5 Å². The summed E-state index contributed by atoms with van der Waals surface area (Å²) in [6.07, 6.45) is 0. The molecule has 4 rings (SSSR count). The van der Waals surface area contributed by atoms with Gasteiger partial charge in [0.2, 0.25) is 5.91 Å². The van der Waals surface area contributed by atoms with Crippen LogP contribution in [0, 0.1) is 0 Å². The van der Waals surface area contributed by atoms with Crippen LogP contribution in [0.25, 0.3) is 0 Å². The maximum absolute atomic E-state index is 12.6. The van der Waals surface area contributed by atoms with Crippen LogP contribution in [0.2, 0.25) is 10.0 Å². The topological polar surface area (TPSA) is 122 Å². The first kappa shape index (κ1) is 21.7. The summed E-state index contributed by atoms with van der Waals surface area (Å²) >= 11 is 13.1. The van der Waals surface area contributed by atoms with Crippen molar-refractivity contribution in [2.75, 3.05) is 10.6 Å². The van der Waals surface area contributed by atoms with Gasteiger partial charge in [0.1, 0.15) is 0 Å². The van der Waals surface area contributed by atoms with Crippen LogP contribution in [0.3, 0.4) is 0 Å². The third-order valence-corrected chi connectivity index (χ3v) is 5.97. The Morgan fingerprint density at radius 3 is 2.12 bits per heavy atom. The second-order valence-corrected chi connectivity index (χ2v) is 8.16. The van der Waals surface area contributed by atoms with Crippen molar-refractivity contribution in [1.82, 2.24) is 0 Å². The number of ketones is 1. The van der Waals surface area contributed by atoms with Crippen molar-refractivity contribution in [3.8, 4) is 0 Å². The van der Waals surface area contributed by atoms with Gasteiger partial charge in [-0.15, -0.1) is 0 Å². The summed E-state index contributed by atoms with van der Waals surface area (Å²) in [5.74, 6) is -2.07. The van der Waals surface area contributed by atoms with Gasteiger partial charge in [-0.1, -0.05) is 35.3 Å². The lowest BCUT2D eigenvalue weighted by atomic mass is 9.86. The smallest absolute Gasteiger partial charge is 0.335 e. The summed E-state index contributed by atoms with van der Waals surface area (Å²) in [4.78, 5) is 35.8. The van der Waals surface area contributed by atoms with Crippen molar-refractivity contribution in [3.05, 3.63) is 92.5 Å². The highest BCUT2D eigenvalue weighted by molar-refractivity contribution is 6.36. The Bertz CT molecular complexity index is 1290. The largest absolute Gasteiger partial charge is 0.478 e. The molecular weight excluding hydrogens is 453 g/mol. The minimum Gasteiger partial charge on any atom is -0.478 e. The summed E-state index contributed by atoms with van der Waals surface area (Å²) in [7, 11) is 0. The van der Waals surface area contributed by atoms with Crippen LogP contribution in [-0.4, -0.2) is 22.8 Å². The zero-order valence-electron chi connectivity index (χ0n) is 16.7. The normalized spacial score (nSPS) is 16.6. The van der Waals surface area contributed by atoms with E-state index in [1.165, 1.54) is 31.2 Å². The van der Waals surface area contributed by atoms with Gasteiger partial charge < -0.3 is 21.5 Å². The molecule has 0 aliphatic carbocycles. The number of carbonyl (C=O) groups is 3. The van der Waals surface area contributed by atoms with Gasteiger partial charge >= 0.3 is 5.97 Å². The average molecular weight is 470 g/mol. The van der Waals surface area contributed by atoms with E-state index in [0.717, 1.165) is 0 Å². The van der Waals surface area contributed by atoms with Gasteiger partial charge in [0.15, 0.2) is 11.4 Å². The minimum atomic E-state index is -1.33. The Morgan fingerprint density at radius 1 is 0.906 bits per heavy atom. The van der Waals surface area contributed by atoms with E-state index in [4.69, 9.17) is 28.9 Å². The molecule has 1 aliphatic heterocycles. The maximum Gasteiger partial charge on any atom is 0.335 e. The number of nitrogens with one attached hydrogen (secondary N) is 2. The predicted octanol–water partition coefficient (Wildman–Crippen LogP) is 4.73. The summed E-state index contributed by atoms with van der Waals surface area (Å²) in [6, 6.07) is 14.1. The molecule has 0 aromatic heterocycles. The van der Waals surface area contributed by atoms with Crippen LogP contribution in [0.4, 0.5) is 11.4 Å². The van der Waals surface area contributed by atoms with Gasteiger partial charge in [0, 0.05) is 32.3 Å². The number of primary amides is 1.